The number of nitrogens with zero attached hydrogens (tertiary/aromatic N) is 2. The third-order valence-electron chi connectivity index (χ3n) is 4.03. The minimum Gasteiger partial charge on any atom is -0.496 e. The highest BCUT2D eigenvalue weighted by molar-refractivity contribution is 14.0. The molecule has 0 atom stereocenters. The maximum absolute atomic E-state index is 5.45. The quantitative estimate of drug-likeness (QED) is 0.387. The molecule has 2 N–H and O–H groups in total. The number of halogens is 1. The number of benzene rings is 2. The molecule has 2 aromatic carbocycles. The number of methoxy groups -OCH3 is 1. The van der Waals surface area contributed by atoms with Crippen molar-refractivity contribution in [2.45, 2.75) is 20.0 Å². The number of guanidine groups is 1. The average molecular weight is 468 g/mol. The first kappa shape index (κ1) is 22.1. The predicted molar refractivity (Wildman–Crippen MR) is 121 cm³/mol. The van der Waals surface area contributed by atoms with Gasteiger partial charge in [-0.1, -0.05) is 24.3 Å². The van der Waals surface area contributed by atoms with Crippen molar-refractivity contribution in [3.8, 4) is 5.75 Å². The van der Waals surface area contributed by atoms with Crippen molar-refractivity contribution in [2.75, 3.05) is 33.2 Å². The Kier molecular flexibility index (Phi) is 9.26. The first-order valence-electron chi connectivity index (χ1n) is 8.37. The summed E-state index contributed by atoms with van der Waals surface area (Å²) >= 11 is 0. The van der Waals surface area contributed by atoms with E-state index in [-0.39, 0.29) is 24.0 Å². The first-order valence-corrected chi connectivity index (χ1v) is 8.37. The predicted octanol–water partition coefficient (Wildman–Crippen LogP) is 3.55. The number of anilines is 1. The summed E-state index contributed by atoms with van der Waals surface area (Å²) in [7, 11) is 7.55. The largest absolute Gasteiger partial charge is 0.496 e. The molecule has 2 rings (SSSR count). The van der Waals surface area contributed by atoms with Crippen LogP contribution in [-0.2, 0) is 13.1 Å². The van der Waals surface area contributed by atoms with Gasteiger partial charge in [-0.2, -0.15) is 0 Å². The molecule has 2 aromatic rings. The molecule has 0 aliphatic carbocycles. The minimum absolute atomic E-state index is 0. The third-order valence-corrected chi connectivity index (χ3v) is 4.03. The van der Waals surface area contributed by atoms with Gasteiger partial charge in [-0.15, -0.1) is 24.0 Å². The number of hydrogen-bond donors (Lipinski definition) is 2. The minimum atomic E-state index is 0. The molecule has 5 nitrogen and oxygen atoms in total. The van der Waals surface area contributed by atoms with Crippen molar-refractivity contribution in [1.82, 2.24) is 10.6 Å². The summed E-state index contributed by atoms with van der Waals surface area (Å²) in [4.78, 5) is 6.37. The van der Waals surface area contributed by atoms with Gasteiger partial charge in [0.05, 0.1) is 7.11 Å². The monoisotopic (exact) mass is 468 g/mol. The standard InChI is InChI=1S/C20H28N4O.HI/c1-15-6-9-17(19(12-15)25-5)14-23-20(21-2)22-13-16-7-10-18(11-8-16)24(3)4;/h6-12H,13-14H2,1-5H3,(H2,21,22,23);1H. The van der Waals surface area contributed by atoms with E-state index in [4.69, 9.17) is 4.74 Å². The van der Waals surface area contributed by atoms with Crippen molar-refractivity contribution in [3.63, 3.8) is 0 Å². The molecule has 0 spiro atoms. The van der Waals surface area contributed by atoms with E-state index in [0.717, 1.165) is 23.8 Å². The van der Waals surface area contributed by atoms with Crippen LogP contribution in [0.4, 0.5) is 5.69 Å². The Balaban J connectivity index is 0.00000338. The van der Waals surface area contributed by atoms with Gasteiger partial charge in [0.2, 0.25) is 0 Å². The zero-order valence-electron chi connectivity index (χ0n) is 16.2. The average Bonchev–Trinajstić information content (AvgIpc) is 2.63. The zero-order chi connectivity index (χ0) is 18.2. The van der Waals surface area contributed by atoms with Crippen LogP contribution in [0.5, 0.6) is 5.75 Å². The molecule has 26 heavy (non-hydrogen) atoms. The lowest BCUT2D eigenvalue weighted by molar-refractivity contribution is 0.408. The molecule has 0 aliphatic rings. The van der Waals surface area contributed by atoms with Gasteiger partial charge in [0.25, 0.3) is 0 Å². The molecule has 0 saturated carbocycles. The molecule has 142 valence electrons. The van der Waals surface area contributed by atoms with Crippen LogP contribution in [0.3, 0.4) is 0 Å². The molecule has 0 unspecified atom stereocenters. The van der Waals surface area contributed by atoms with Crippen LogP contribution in [0.1, 0.15) is 16.7 Å². The van der Waals surface area contributed by atoms with Crippen LogP contribution < -0.4 is 20.3 Å². The van der Waals surface area contributed by atoms with Gasteiger partial charge in [0.1, 0.15) is 5.75 Å². The van der Waals surface area contributed by atoms with Gasteiger partial charge in [-0.25, -0.2) is 0 Å². The molecule has 0 aliphatic heterocycles. The Labute approximate surface area is 173 Å². The number of aliphatic imine (C=N–C) groups is 1. The molecule has 0 fully saturated rings. The fourth-order valence-corrected chi connectivity index (χ4v) is 2.50. The lowest BCUT2D eigenvalue weighted by Crippen LogP contribution is -2.36. The summed E-state index contributed by atoms with van der Waals surface area (Å²) in [6, 6.07) is 14.7. The molecular weight excluding hydrogens is 439 g/mol. The lowest BCUT2D eigenvalue weighted by Gasteiger charge is -2.15. The molecule has 0 saturated heterocycles. The SMILES string of the molecule is CN=C(NCc1ccc(N(C)C)cc1)NCc1ccc(C)cc1OC.I. The van der Waals surface area contributed by atoms with Gasteiger partial charge in [0.15, 0.2) is 5.96 Å². The summed E-state index contributed by atoms with van der Waals surface area (Å²) in [6.45, 7) is 3.43. The summed E-state index contributed by atoms with van der Waals surface area (Å²) in [5.74, 6) is 1.65. The fraction of sp³-hybridized carbons (Fsp3) is 0.350. The zero-order valence-corrected chi connectivity index (χ0v) is 18.5. The molecule has 0 heterocycles. The summed E-state index contributed by atoms with van der Waals surface area (Å²) < 4.78 is 5.45. The number of rotatable bonds is 6. The van der Waals surface area contributed by atoms with Crippen molar-refractivity contribution >= 4 is 35.6 Å². The van der Waals surface area contributed by atoms with E-state index >= 15 is 0 Å². The number of aryl methyl sites for hydroxylation is 1. The van der Waals surface area contributed by atoms with Crippen molar-refractivity contribution in [1.29, 1.82) is 0 Å². The second-order valence-corrected chi connectivity index (χ2v) is 6.16. The highest BCUT2D eigenvalue weighted by atomic mass is 127. The van der Waals surface area contributed by atoms with E-state index in [2.05, 4.69) is 63.8 Å². The molecule has 0 aromatic heterocycles. The number of nitrogens with one attached hydrogen (secondary N) is 2. The van der Waals surface area contributed by atoms with Crippen LogP contribution in [0.25, 0.3) is 0 Å². The van der Waals surface area contributed by atoms with E-state index in [9.17, 15) is 0 Å². The highest BCUT2D eigenvalue weighted by Gasteiger charge is 2.05. The second-order valence-electron chi connectivity index (χ2n) is 6.16. The molecule has 0 radical (unpaired) electrons. The summed E-state index contributed by atoms with van der Waals surface area (Å²) in [5.41, 5.74) is 4.69. The van der Waals surface area contributed by atoms with Gasteiger partial charge in [0, 0.05) is 45.5 Å². The molecular formula is C20H29IN4O. The lowest BCUT2D eigenvalue weighted by atomic mass is 10.1. The highest BCUT2D eigenvalue weighted by Crippen LogP contribution is 2.19. The van der Waals surface area contributed by atoms with Gasteiger partial charge < -0.3 is 20.3 Å². The summed E-state index contributed by atoms with van der Waals surface area (Å²) in [6.07, 6.45) is 0. The van der Waals surface area contributed by atoms with E-state index in [1.165, 1.54) is 16.8 Å². The van der Waals surface area contributed by atoms with Gasteiger partial charge in [-0.05, 0) is 36.2 Å². The topological polar surface area (TPSA) is 48.9 Å². The van der Waals surface area contributed by atoms with Gasteiger partial charge >= 0.3 is 0 Å². The Bertz CT molecular complexity index is 714. The van der Waals surface area contributed by atoms with E-state index in [1.54, 1.807) is 14.2 Å². The molecule has 0 amide bonds. The smallest absolute Gasteiger partial charge is 0.191 e. The maximum Gasteiger partial charge on any atom is 0.191 e. The Hall–Kier alpha value is -1.96. The Morgan fingerprint density at radius 1 is 1.04 bits per heavy atom. The van der Waals surface area contributed by atoms with Crippen LogP contribution in [0.15, 0.2) is 47.5 Å². The Morgan fingerprint density at radius 2 is 1.69 bits per heavy atom. The fourth-order valence-electron chi connectivity index (χ4n) is 2.50. The first-order chi connectivity index (χ1) is 12.0. The molecule has 0 bridgehead atoms. The van der Waals surface area contributed by atoms with Gasteiger partial charge in [-0.3, -0.25) is 4.99 Å². The third kappa shape index (κ3) is 6.40. The van der Waals surface area contributed by atoms with Crippen LogP contribution in [0.2, 0.25) is 0 Å². The maximum atomic E-state index is 5.45. The number of hydrogen-bond acceptors (Lipinski definition) is 3. The van der Waals surface area contributed by atoms with Crippen molar-refractivity contribution < 1.29 is 4.74 Å². The van der Waals surface area contributed by atoms with Crippen molar-refractivity contribution in [3.05, 3.63) is 59.2 Å². The summed E-state index contributed by atoms with van der Waals surface area (Å²) in [5, 5.41) is 6.67. The van der Waals surface area contributed by atoms with E-state index < -0.39 is 0 Å². The van der Waals surface area contributed by atoms with Crippen LogP contribution in [-0.4, -0.2) is 34.2 Å². The normalized spacial score (nSPS) is 10.7. The van der Waals surface area contributed by atoms with Crippen molar-refractivity contribution in [2.24, 2.45) is 4.99 Å². The van der Waals surface area contributed by atoms with Crippen LogP contribution in [0, 0.1) is 6.92 Å². The van der Waals surface area contributed by atoms with E-state index in [0.29, 0.717) is 6.54 Å². The second kappa shape index (κ2) is 10.9. The van der Waals surface area contributed by atoms with Crippen LogP contribution >= 0.6 is 24.0 Å². The Morgan fingerprint density at radius 3 is 2.27 bits per heavy atom. The number of ether oxygens (including phenoxy) is 1. The molecule has 6 heteroatoms. The van der Waals surface area contributed by atoms with E-state index in [1.807, 2.05) is 20.2 Å².